The number of nitro benzene ring substituents is 1. The third kappa shape index (κ3) is 2.44. The SMILES string of the molecule is CN1CCON(C)C1c1ccc([N+](=O)[O-])cc1. The van der Waals surface area contributed by atoms with E-state index in [9.17, 15) is 10.1 Å². The highest BCUT2D eigenvalue weighted by molar-refractivity contribution is 5.34. The first-order chi connectivity index (χ1) is 8.09. The van der Waals surface area contributed by atoms with Gasteiger partial charge in [0.15, 0.2) is 0 Å². The van der Waals surface area contributed by atoms with E-state index in [4.69, 9.17) is 4.84 Å². The molecule has 1 saturated heterocycles. The Hall–Kier alpha value is -1.50. The normalized spacial score (nSPS) is 22.6. The third-order valence-electron chi connectivity index (χ3n) is 2.90. The maximum absolute atomic E-state index is 10.6. The number of hydrogen-bond acceptors (Lipinski definition) is 5. The predicted octanol–water partition coefficient (Wildman–Crippen LogP) is 1.40. The topological polar surface area (TPSA) is 58.8 Å². The van der Waals surface area contributed by atoms with Crippen LogP contribution in [0.4, 0.5) is 5.69 Å². The summed E-state index contributed by atoms with van der Waals surface area (Å²) in [5.41, 5.74) is 1.09. The zero-order valence-electron chi connectivity index (χ0n) is 9.87. The number of non-ortho nitro benzene ring substituents is 1. The van der Waals surface area contributed by atoms with Crippen LogP contribution in [0.5, 0.6) is 0 Å². The Bertz CT molecular complexity index is 397. The standard InChI is InChI=1S/C11H15N3O3/c1-12-7-8-17-13(2)11(12)9-3-5-10(6-4-9)14(15)16/h3-6,11H,7-8H2,1-2H3. The average molecular weight is 237 g/mol. The van der Waals surface area contributed by atoms with E-state index < -0.39 is 4.92 Å². The van der Waals surface area contributed by atoms with Gasteiger partial charge in [0.25, 0.3) is 5.69 Å². The van der Waals surface area contributed by atoms with E-state index in [1.165, 1.54) is 12.1 Å². The Morgan fingerprint density at radius 3 is 2.53 bits per heavy atom. The summed E-state index contributed by atoms with van der Waals surface area (Å²) >= 11 is 0. The minimum Gasteiger partial charge on any atom is -0.296 e. The minimum absolute atomic E-state index is 0.00422. The molecule has 0 N–H and O–H groups in total. The molecule has 1 aromatic rings. The summed E-state index contributed by atoms with van der Waals surface area (Å²) in [6, 6.07) is 6.58. The molecule has 0 saturated carbocycles. The van der Waals surface area contributed by atoms with Crippen LogP contribution in [-0.2, 0) is 4.84 Å². The molecule has 0 spiro atoms. The summed E-state index contributed by atoms with van der Waals surface area (Å²) in [4.78, 5) is 17.8. The van der Waals surface area contributed by atoms with Gasteiger partial charge in [0.2, 0.25) is 0 Å². The lowest BCUT2D eigenvalue weighted by atomic mass is 10.1. The Labute approximate surface area is 99.5 Å². The number of likely N-dealkylation sites (N-methyl/N-ethyl adjacent to an activating group) is 1. The second-order valence-electron chi connectivity index (χ2n) is 4.08. The van der Waals surface area contributed by atoms with Crippen molar-refractivity contribution in [3.63, 3.8) is 0 Å². The molecule has 17 heavy (non-hydrogen) atoms. The molecule has 1 unspecified atom stereocenters. The Morgan fingerprint density at radius 1 is 1.35 bits per heavy atom. The first-order valence-corrected chi connectivity index (χ1v) is 5.40. The van der Waals surface area contributed by atoms with Gasteiger partial charge in [0.1, 0.15) is 6.17 Å². The number of benzene rings is 1. The fourth-order valence-corrected chi connectivity index (χ4v) is 2.03. The van der Waals surface area contributed by atoms with Crippen molar-refractivity contribution in [3.05, 3.63) is 39.9 Å². The van der Waals surface area contributed by atoms with E-state index in [2.05, 4.69) is 4.90 Å². The van der Waals surface area contributed by atoms with Crippen LogP contribution in [0, 0.1) is 10.1 Å². The largest absolute Gasteiger partial charge is 0.296 e. The predicted molar refractivity (Wildman–Crippen MR) is 62.2 cm³/mol. The molecule has 0 radical (unpaired) electrons. The van der Waals surface area contributed by atoms with Crippen LogP contribution in [0.1, 0.15) is 11.7 Å². The van der Waals surface area contributed by atoms with Gasteiger partial charge >= 0.3 is 0 Å². The van der Waals surface area contributed by atoms with Crippen molar-refractivity contribution < 1.29 is 9.76 Å². The van der Waals surface area contributed by atoms with E-state index in [1.807, 2.05) is 14.1 Å². The van der Waals surface area contributed by atoms with Crippen molar-refractivity contribution in [3.8, 4) is 0 Å². The molecule has 92 valence electrons. The van der Waals surface area contributed by atoms with Gasteiger partial charge in [0, 0.05) is 25.7 Å². The lowest BCUT2D eigenvalue weighted by Gasteiger charge is -2.39. The summed E-state index contributed by atoms with van der Waals surface area (Å²) in [6.45, 7) is 1.50. The van der Waals surface area contributed by atoms with Gasteiger partial charge in [-0.15, -0.1) is 0 Å². The Balaban J connectivity index is 2.23. The molecule has 1 aliphatic rings. The molecule has 0 bridgehead atoms. The van der Waals surface area contributed by atoms with Gasteiger partial charge < -0.3 is 0 Å². The molecule has 1 atom stereocenters. The molecule has 0 aromatic heterocycles. The average Bonchev–Trinajstić information content (AvgIpc) is 2.29. The first kappa shape index (κ1) is 12.0. The fourth-order valence-electron chi connectivity index (χ4n) is 2.03. The lowest BCUT2D eigenvalue weighted by molar-refractivity contribution is -0.384. The molecular formula is C11H15N3O3. The van der Waals surface area contributed by atoms with Crippen LogP contribution in [0.15, 0.2) is 24.3 Å². The molecule has 1 fully saturated rings. The maximum atomic E-state index is 10.6. The van der Waals surface area contributed by atoms with Crippen LogP contribution in [0.3, 0.4) is 0 Å². The summed E-state index contributed by atoms with van der Waals surface area (Å²) in [5.74, 6) is 0. The van der Waals surface area contributed by atoms with Gasteiger partial charge in [-0.1, -0.05) is 0 Å². The minimum atomic E-state index is -0.394. The highest BCUT2D eigenvalue weighted by atomic mass is 16.7. The van der Waals surface area contributed by atoms with Gasteiger partial charge in [-0.05, 0) is 24.7 Å². The summed E-state index contributed by atoms with van der Waals surface area (Å²) in [5, 5.41) is 12.3. The lowest BCUT2D eigenvalue weighted by Crippen LogP contribution is -2.44. The maximum Gasteiger partial charge on any atom is 0.269 e. The highest BCUT2D eigenvalue weighted by Gasteiger charge is 2.26. The summed E-state index contributed by atoms with van der Waals surface area (Å²) < 4.78 is 0. The van der Waals surface area contributed by atoms with Crippen LogP contribution in [-0.4, -0.2) is 42.1 Å². The molecular weight excluding hydrogens is 222 g/mol. The van der Waals surface area contributed by atoms with Crippen LogP contribution in [0.2, 0.25) is 0 Å². The monoisotopic (exact) mass is 237 g/mol. The van der Waals surface area contributed by atoms with Crippen molar-refractivity contribution in [2.24, 2.45) is 0 Å². The van der Waals surface area contributed by atoms with Crippen molar-refractivity contribution in [1.29, 1.82) is 0 Å². The van der Waals surface area contributed by atoms with Crippen molar-refractivity contribution in [2.75, 3.05) is 27.2 Å². The van der Waals surface area contributed by atoms with E-state index in [0.29, 0.717) is 6.61 Å². The van der Waals surface area contributed by atoms with Crippen molar-refractivity contribution in [1.82, 2.24) is 9.96 Å². The Morgan fingerprint density at radius 2 is 2.00 bits per heavy atom. The Kier molecular flexibility index (Phi) is 3.37. The van der Waals surface area contributed by atoms with Gasteiger partial charge in [-0.2, -0.15) is 5.06 Å². The molecule has 6 heteroatoms. The van der Waals surface area contributed by atoms with Gasteiger partial charge in [0.05, 0.1) is 11.5 Å². The number of nitrogens with zero attached hydrogens (tertiary/aromatic N) is 3. The molecule has 1 aliphatic heterocycles. The molecule has 1 aromatic carbocycles. The molecule has 6 nitrogen and oxygen atoms in total. The molecule has 1 heterocycles. The second-order valence-corrected chi connectivity index (χ2v) is 4.08. The van der Waals surface area contributed by atoms with E-state index in [0.717, 1.165) is 12.1 Å². The smallest absolute Gasteiger partial charge is 0.269 e. The van der Waals surface area contributed by atoms with Crippen LogP contribution >= 0.6 is 0 Å². The number of hydroxylamine groups is 2. The molecule has 0 aliphatic carbocycles. The van der Waals surface area contributed by atoms with E-state index in [1.54, 1.807) is 17.2 Å². The zero-order valence-corrected chi connectivity index (χ0v) is 9.87. The van der Waals surface area contributed by atoms with Crippen molar-refractivity contribution >= 4 is 5.69 Å². The third-order valence-corrected chi connectivity index (χ3v) is 2.90. The van der Waals surface area contributed by atoms with Crippen LogP contribution in [0.25, 0.3) is 0 Å². The van der Waals surface area contributed by atoms with E-state index >= 15 is 0 Å². The summed E-state index contributed by atoms with van der Waals surface area (Å²) in [7, 11) is 3.87. The highest BCUT2D eigenvalue weighted by Crippen LogP contribution is 2.26. The van der Waals surface area contributed by atoms with E-state index in [-0.39, 0.29) is 11.9 Å². The van der Waals surface area contributed by atoms with Gasteiger partial charge in [-0.3, -0.25) is 19.9 Å². The number of rotatable bonds is 2. The fraction of sp³-hybridized carbons (Fsp3) is 0.455. The zero-order chi connectivity index (χ0) is 12.4. The van der Waals surface area contributed by atoms with Crippen LogP contribution < -0.4 is 0 Å². The van der Waals surface area contributed by atoms with Crippen molar-refractivity contribution in [2.45, 2.75) is 6.17 Å². The summed E-state index contributed by atoms with van der Waals surface area (Å²) in [6.07, 6.45) is 0.00422. The quantitative estimate of drug-likeness (QED) is 0.575. The molecule has 0 amide bonds. The van der Waals surface area contributed by atoms with Gasteiger partial charge in [-0.25, -0.2) is 0 Å². The second kappa shape index (κ2) is 4.79. The number of nitro groups is 1. The molecule has 2 rings (SSSR count). The first-order valence-electron chi connectivity index (χ1n) is 5.40. The number of hydrogen-bond donors (Lipinski definition) is 0.